The minimum absolute atomic E-state index is 0.0967. The van der Waals surface area contributed by atoms with Crippen LogP contribution in [-0.4, -0.2) is 6.61 Å². The van der Waals surface area contributed by atoms with Crippen LogP contribution < -0.4 is 0 Å². The average molecular weight is 326 g/mol. The summed E-state index contributed by atoms with van der Waals surface area (Å²) in [5, 5.41) is 0. The highest BCUT2D eigenvalue weighted by Crippen LogP contribution is 2.40. The second-order valence-corrected chi connectivity index (χ2v) is 7.67. The Labute approximate surface area is 140 Å². The summed E-state index contributed by atoms with van der Waals surface area (Å²) in [5.41, 5.74) is 0.690. The molecule has 0 radical (unpaired) electrons. The molecule has 0 aliphatic heterocycles. The van der Waals surface area contributed by atoms with Crippen molar-refractivity contribution in [3.63, 3.8) is 0 Å². The maximum absolute atomic E-state index is 13.8. The maximum atomic E-state index is 13.8. The highest BCUT2D eigenvalue weighted by molar-refractivity contribution is 5.25. The molecule has 2 saturated carbocycles. The molecule has 0 saturated heterocycles. The molecule has 0 spiro atoms. The third-order valence-electron chi connectivity index (χ3n) is 5.63. The van der Waals surface area contributed by atoms with Crippen LogP contribution in [-0.2, 0) is 4.74 Å². The molecule has 1 nitrogen and oxygen atoms in total. The van der Waals surface area contributed by atoms with E-state index in [1.165, 1.54) is 44.9 Å². The first-order valence-corrected chi connectivity index (χ1v) is 9.31. The molecule has 2 rings (SSSR count). The van der Waals surface area contributed by atoms with Gasteiger partial charge in [0.1, 0.15) is 5.83 Å². The highest BCUT2D eigenvalue weighted by Gasteiger charge is 2.29. The van der Waals surface area contributed by atoms with E-state index in [0.717, 1.165) is 31.6 Å². The minimum Gasteiger partial charge on any atom is -0.490 e. The largest absolute Gasteiger partial charge is 0.490 e. The topological polar surface area (TPSA) is 9.23 Å². The Morgan fingerprint density at radius 1 is 0.826 bits per heavy atom. The van der Waals surface area contributed by atoms with Crippen molar-refractivity contribution in [1.29, 1.82) is 0 Å². The monoisotopic (exact) mass is 326 g/mol. The molecule has 0 amide bonds. The first kappa shape index (κ1) is 18.5. The lowest BCUT2D eigenvalue weighted by Gasteiger charge is -2.35. The molecule has 0 N–H and O–H groups in total. The van der Waals surface area contributed by atoms with Crippen molar-refractivity contribution in [3.05, 3.63) is 23.0 Å². The maximum Gasteiger partial charge on any atom is 0.195 e. The fourth-order valence-corrected chi connectivity index (χ4v) is 4.22. The molecule has 0 atom stereocenters. The van der Waals surface area contributed by atoms with E-state index in [4.69, 9.17) is 4.74 Å². The van der Waals surface area contributed by atoms with Gasteiger partial charge in [-0.15, -0.1) is 0 Å². The van der Waals surface area contributed by atoms with Crippen LogP contribution in [0, 0.1) is 17.8 Å². The average Bonchev–Trinajstić information content (AvgIpc) is 2.56. The standard InChI is InChI=1S/C20H32F2O/c1-14(2)20(19(22)15(3)21)23-13-16-9-11-18(12-10-16)17-7-5-4-6-8-17/h16-18H,4-13H2,1-3H3/b19-15-. The van der Waals surface area contributed by atoms with Gasteiger partial charge in [0.05, 0.1) is 6.61 Å². The number of rotatable bonds is 5. The molecule has 23 heavy (non-hydrogen) atoms. The van der Waals surface area contributed by atoms with E-state index >= 15 is 0 Å². The predicted octanol–water partition coefficient (Wildman–Crippen LogP) is 6.85. The summed E-state index contributed by atoms with van der Waals surface area (Å²) in [7, 11) is 0. The van der Waals surface area contributed by atoms with E-state index in [0.29, 0.717) is 18.1 Å². The molecule has 0 unspecified atom stereocenters. The van der Waals surface area contributed by atoms with Crippen LogP contribution in [0.25, 0.3) is 0 Å². The van der Waals surface area contributed by atoms with E-state index < -0.39 is 11.7 Å². The van der Waals surface area contributed by atoms with Crippen molar-refractivity contribution in [2.45, 2.75) is 78.6 Å². The lowest BCUT2D eigenvalue weighted by molar-refractivity contribution is 0.103. The molecule has 3 heteroatoms. The Hall–Kier alpha value is -0.860. The Bertz CT molecular complexity index is 431. The van der Waals surface area contributed by atoms with E-state index in [9.17, 15) is 8.78 Å². The lowest BCUT2D eigenvalue weighted by Crippen LogP contribution is -2.25. The number of hydrogen-bond acceptors (Lipinski definition) is 1. The van der Waals surface area contributed by atoms with Crippen molar-refractivity contribution < 1.29 is 13.5 Å². The van der Waals surface area contributed by atoms with Gasteiger partial charge in [0.15, 0.2) is 11.6 Å². The molecule has 0 bridgehead atoms. The van der Waals surface area contributed by atoms with Gasteiger partial charge in [0.25, 0.3) is 0 Å². The summed E-state index contributed by atoms with van der Waals surface area (Å²) < 4.78 is 32.6. The quantitative estimate of drug-likeness (QED) is 0.396. The van der Waals surface area contributed by atoms with Gasteiger partial charge in [0, 0.05) is 0 Å². The van der Waals surface area contributed by atoms with Crippen molar-refractivity contribution in [2.24, 2.45) is 17.8 Å². The molecule has 0 heterocycles. The summed E-state index contributed by atoms with van der Waals surface area (Å²) in [5.74, 6) is 0.757. The zero-order valence-corrected chi connectivity index (χ0v) is 15.0. The minimum atomic E-state index is -0.846. The van der Waals surface area contributed by atoms with Crippen LogP contribution in [0.2, 0.25) is 0 Å². The number of hydrogen-bond donors (Lipinski definition) is 0. The second-order valence-electron chi connectivity index (χ2n) is 7.67. The molecule has 2 aliphatic carbocycles. The molecular formula is C20H32F2O. The molecule has 2 aliphatic rings. The first-order valence-electron chi connectivity index (χ1n) is 9.31. The van der Waals surface area contributed by atoms with Crippen LogP contribution in [0.5, 0.6) is 0 Å². The second kappa shape index (κ2) is 8.84. The van der Waals surface area contributed by atoms with Gasteiger partial charge in [-0.2, -0.15) is 0 Å². The Morgan fingerprint density at radius 3 is 1.91 bits per heavy atom. The SMILES string of the molecule is CC(C)=C(OCC1CCC(C2CCCCC2)CC1)/C(F)=C(\C)F. The Balaban J connectivity index is 1.80. The zero-order valence-electron chi connectivity index (χ0n) is 15.0. The van der Waals surface area contributed by atoms with Crippen LogP contribution in [0.4, 0.5) is 8.78 Å². The van der Waals surface area contributed by atoms with Gasteiger partial charge in [-0.3, -0.25) is 0 Å². The van der Waals surface area contributed by atoms with E-state index in [1.54, 1.807) is 13.8 Å². The Kier molecular flexibility index (Phi) is 7.10. The summed E-state index contributed by atoms with van der Waals surface area (Å²) in [6.07, 6.45) is 12.0. The first-order chi connectivity index (χ1) is 11.0. The highest BCUT2D eigenvalue weighted by atomic mass is 19.2. The molecule has 132 valence electrons. The van der Waals surface area contributed by atoms with Crippen molar-refractivity contribution in [2.75, 3.05) is 6.61 Å². The summed E-state index contributed by atoms with van der Waals surface area (Å²) >= 11 is 0. The lowest BCUT2D eigenvalue weighted by atomic mass is 9.71. The van der Waals surface area contributed by atoms with Gasteiger partial charge in [-0.25, -0.2) is 8.78 Å². The molecule has 0 aromatic carbocycles. The van der Waals surface area contributed by atoms with Crippen LogP contribution in [0.15, 0.2) is 23.0 Å². The van der Waals surface area contributed by atoms with Crippen molar-refractivity contribution in [1.82, 2.24) is 0 Å². The molecule has 0 aromatic heterocycles. The van der Waals surface area contributed by atoms with Gasteiger partial charge < -0.3 is 4.74 Å². The van der Waals surface area contributed by atoms with Crippen LogP contribution in [0.1, 0.15) is 78.6 Å². The predicted molar refractivity (Wildman–Crippen MR) is 91.3 cm³/mol. The summed E-state index contributed by atoms with van der Waals surface area (Å²) in [4.78, 5) is 0. The fraction of sp³-hybridized carbons (Fsp3) is 0.800. The normalized spacial score (nSPS) is 27.3. The van der Waals surface area contributed by atoms with Crippen molar-refractivity contribution >= 4 is 0 Å². The van der Waals surface area contributed by atoms with E-state index in [2.05, 4.69) is 0 Å². The van der Waals surface area contributed by atoms with Gasteiger partial charge in [-0.05, 0) is 69.8 Å². The van der Waals surface area contributed by atoms with Crippen LogP contribution >= 0.6 is 0 Å². The number of ether oxygens (including phenoxy) is 1. The summed E-state index contributed by atoms with van der Waals surface area (Å²) in [6, 6.07) is 0. The summed E-state index contributed by atoms with van der Waals surface area (Å²) in [6.45, 7) is 5.17. The number of allylic oxidation sites excluding steroid dienone is 3. The van der Waals surface area contributed by atoms with Gasteiger partial charge in [-0.1, -0.05) is 32.1 Å². The molecule has 0 aromatic rings. The van der Waals surface area contributed by atoms with Crippen molar-refractivity contribution in [3.8, 4) is 0 Å². The van der Waals surface area contributed by atoms with E-state index in [-0.39, 0.29) is 5.76 Å². The van der Waals surface area contributed by atoms with Gasteiger partial charge in [0.2, 0.25) is 0 Å². The third kappa shape index (κ3) is 5.32. The Morgan fingerprint density at radius 2 is 1.39 bits per heavy atom. The zero-order chi connectivity index (χ0) is 16.8. The number of halogens is 2. The van der Waals surface area contributed by atoms with E-state index in [1.807, 2.05) is 0 Å². The molecule has 2 fully saturated rings. The fourth-order valence-electron chi connectivity index (χ4n) is 4.22. The smallest absolute Gasteiger partial charge is 0.195 e. The third-order valence-corrected chi connectivity index (χ3v) is 5.63. The van der Waals surface area contributed by atoms with Crippen LogP contribution in [0.3, 0.4) is 0 Å². The molecular weight excluding hydrogens is 294 g/mol. The van der Waals surface area contributed by atoms with Gasteiger partial charge >= 0.3 is 0 Å².